The lowest BCUT2D eigenvalue weighted by Crippen LogP contribution is -2.35. The van der Waals surface area contributed by atoms with Gasteiger partial charge in [0.05, 0.1) is 6.66 Å². The van der Waals surface area contributed by atoms with E-state index >= 15 is 0 Å². The molecule has 0 heterocycles. The number of nitrogens with one attached hydrogen (secondary N) is 2. The lowest BCUT2D eigenvalue weighted by atomic mass is 10.2. The standard InChI is InChI=1S/C23H34N2P/c1-8-20-10-13-21(14-11-20)26(7,24-16-17(2)3)22-12-9-19(6)23(15-22)25-18(4)5/h9-15,17,24-25H,4,8,16H2,1-3,5-7H3/q+1. The van der Waals surface area contributed by atoms with Gasteiger partial charge < -0.3 is 5.32 Å². The molecule has 0 aliphatic heterocycles. The molecule has 0 aliphatic rings. The highest BCUT2D eigenvalue weighted by atomic mass is 31.2. The largest absolute Gasteiger partial charge is 0.359 e. The summed E-state index contributed by atoms with van der Waals surface area (Å²) in [6, 6.07) is 16.0. The fourth-order valence-electron chi connectivity index (χ4n) is 2.98. The van der Waals surface area contributed by atoms with Crippen molar-refractivity contribution >= 4 is 23.7 Å². The van der Waals surface area contributed by atoms with Crippen LogP contribution in [0.25, 0.3) is 0 Å². The van der Waals surface area contributed by atoms with Gasteiger partial charge in [-0.05, 0) is 55.5 Å². The van der Waals surface area contributed by atoms with Crippen molar-refractivity contribution in [2.24, 2.45) is 5.92 Å². The number of rotatable bonds is 8. The zero-order chi connectivity index (χ0) is 19.3. The van der Waals surface area contributed by atoms with E-state index < -0.39 is 7.41 Å². The number of hydrogen-bond acceptors (Lipinski definition) is 2. The van der Waals surface area contributed by atoms with Crippen LogP contribution in [0.1, 0.15) is 38.8 Å². The van der Waals surface area contributed by atoms with Gasteiger partial charge in [0.1, 0.15) is 18.0 Å². The molecule has 2 rings (SSSR count). The van der Waals surface area contributed by atoms with E-state index in [1.807, 2.05) is 6.92 Å². The van der Waals surface area contributed by atoms with Gasteiger partial charge >= 0.3 is 0 Å². The van der Waals surface area contributed by atoms with E-state index in [1.54, 1.807) is 0 Å². The predicted octanol–water partition coefficient (Wildman–Crippen LogP) is 5.26. The quantitative estimate of drug-likeness (QED) is 0.620. The van der Waals surface area contributed by atoms with E-state index in [0.717, 1.165) is 24.4 Å². The second kappa shape index (κ2) is 8.84. The molecule has 2 aromatic rings. The summed E-state index contributed by atoms with van der Waals surface area (Å²) in [6.45, 7) is 18.3. The third-order valence-corrected chi connectivity index (χ3v) is 8.22. The van der Waals surface area contributed by atoms with Crippen LogP contribution in [0.2, 0.25) is 0 Å². The minimum Gasteiger partial charge on any atom is -0.359 e. The van der Waals surface area contributed by atoms with Crippen LogP contribution in [-0.2, 0) is 6.42 Å². The van der Waals surface area contributed by atoms with E-state index in [9.17, 15) is 0 Å². The summed E-state index contributed by atoms with van der Waals surface area (Å²) in [5.41, 5.74) is 4.75. The molecule has 0 saturated carbocycles. The number of hydrogen-bond donors (Lipinski definition) is 2. The van der Waals surface area contributed by atoms with Gasteiger partial charge in [0.15, 0.2) is 0 Å². The summed E-state index contributed by atoms with van der Waals surface area (Å²) in [4.78, 5) is 0. The van der Waals surface area contributed by atoms with E-state index in [4.69, 9.17) is 0 Å². The van der Waals surface area contributed by atoms with Gasteiger partial charge in [-0.2, -0.15) is 5.09 Å². The lowest BCUT2D eigenvalue weighted by Gasteiger charge is -2.26. The van der Waals surface area contributed by atoms with Gasteiger partial charge in [-0.1, -0.05) is 45.5 Å². The SMILES string of the molecule is C=C(C)Nc1cc([P+](C)(NCC(C)C)c2ccc(CC)cc2)ccc1C. The molecule has 140 valence electrons. The van der Waals surface area contributed by atoms with Gasteiger partial charge in [-0.3, -0.25) is 0 Å². The van der Waals surface area contributed by atoms with Crippen molar-refractivity contribution in [1.82, 2.24) is 5.09 Å². The minimum atomic E-state index is -1.67. The maximum Gasteiger partial charge on any atom is 0.142 e. The second-order valence-corrected chi connectivity index (χ2v) is 11.0. The first kappa shape index (κ1) is 20.7. The van der Waals surface area contributed by atoms with Gasteiger partial charge in [-0.15, -0.1) is 0 Å². The van der Waals surface area contributed by atoms with Crippen LogP contribution >= 0.6 is 7.41 Å². The molecule has 0 fully saturated rings. The Hall–Kier alpha value is -1.63. The van der Waals surface area contributed by atoms with Crippen LogP contribution in [0.15, 0.2) is 54.7 Å². The van der Waals surface area contributed by atoms with Crippen LogP contribution in [0, 0.1) is 12.8 Å². The lowest BCUT2D eigenvalue weighted by molar-refractivity contribution is 0.636. The number of anilines is 1. The maximum absolute atomic E-state index is 4.00. The molecular weight excluding hydrogens is 335 g/mol. The molecule has 3 heteroatoms. The molecule has 0 amide bonds. The van der Waals surface area contributed by atoms with E-state index in [2.05, 4.69) is 93.8 Å². The average Bonchev–Trinajstić information content (AvgIpc) is 2.61. The Balaban J connectivity index is 2.50. The summed E-state index contributed by atoms with van der Waals surface area (Å²) in [5.74, 6) is 0.614. The monoisotopic (exact) mass is 369 g/mol. The number of aryl methyl sites for hydroxylation is 2. The number of allylic oxidation sites excluding steroid dienone is 1. The van der Waals surface area contributed by atoms with Crippen LogP contribution in [-0.4, -0.2) is 13.2 Å². The molecule has 0 aliphatic carbocycles. The molecule has 0 bridgehead atoms. The molecule has 0 aromatic heterocycles. The van der Waals surface area contributed by atoms with Crippen molar-refractivity contribution in [3.63, 3.8) is 0 Å². The maximum atomic E-state index is 4.00. The molecular formula is C23H34N2P+. The van der Waals surface area contributed by atoms with Gasteiger partial charge in [0.2, 0.25) is 0 Å². The third-order valence-electron chi connectivity index (χ3n) is 4.76. The molecule has 1 atom stereocenters. The highest BCUT2D eigenvalue weighted by Gasteiger charge is 2.38. The summed E-state index contributed by atoms with van der Waals surface area (Å²) < 4.78 is 0. The Morgan fingerprint density at radius 1 is 1.08 bits per heavy atom. The third kappa shape index (κ3) is 4.96. The van der Waals surface area contributed by atoms with Gasteiger partial charge in [-0.25, -0.2) is 0 Å². The number of benzene rings is 2. The molecule has 1 unspecified atom stereocenters. The smallest absolute Gasteiger partial charge is 0.142 e. The van der Waals surface area contributed by atoms with Crippen molar-refractivity contribution < 1.29 is 0 Å². The molecule has 2 nitrogen and oxygen atoms in total. The Morgan fingerprint density at radius 2 is 1.69 bits per heavy atom. The van der Waals surface area contributed by atoms with Crippen molar-refractivity contribution in [3.05, 3.63) is 65.9 Å². The van der Waals surface area contributed by atoms with Crippen LogP contribution < -0.4 is 21.0 Å². The van der Waals surface area contributed by atoms with Crippen LogP contribution in [0.4, 0.5) is 5.69 Å². The normalized spacial score (nSPS) is 13.5. The fourth-order valence-corrected chi connectivity index (χ4v) is 5.88. The van der Waals surface area contributed by atoms with Gasteiger partial charge in [0, 0.05) is 24.0 Å². The van der Waals surface area contributed by atoms with Crippen molar-refractivity contribution in [1.29, 1.82) is 0 Å². The summed E-state index contributed by atoms with van der Waals surface area (Å²) in [6.07, 6.45) is 1.08. The Morgan fingerprint density at radius 3 is 2.23 bits per heavy atom. The Bertz CT molecular complexity index is 749. The molecule has 2 aromatic carbocycles. The fraction of sp³-hybridized carbons (Fsp3) is 0.391. The summed E-state index contributed by atoms with van der Waals surface area (Å²) >= 11 is 0. The van der Waals surface area contributed by atoms with Gasteiger partial charge in [0.25, 0.3) is 0 Å². The van der Waals surface area contributed by atoms with E-state index in [-0.39, 0.29) is 0 Å². The molecule has 2 N–H and O–H groups in total. The van der Waals surface area contributed by atoms with Crippen LogP contribution in [0.5, 0.6) is 0 Å². The zero-order valence-electron chi connectivity index (χ0n) is 17.2. The molecule has 0 spiro atoms. The first-order valence-electron chi connectivity index (χ1n) is 9.51. The van der Waals surface area contributed by atoms with Crippen molar-refractivity contribution in [2.45, 2.75) is 41.0 Å². The topological polar surface area (TPSA) is 24.1 Å². The average molecular weight is 370 g/mol. The highest BCUT2D eigenvalue weighted by Crippen LogP contribution is 2.49. The second-order valence-electron chi connectivity index (χ2n) is 7.69. The zero-order valence-corrected chi connectivity index (χ0v) is 18.1. The molecule has 26 heavy (non-hydrogen) atoms. The first-order chi connectivity index (χ1) is 12.3. The Kier molecular flexibility index (Phi) is 7.03. The highest BCUT2D eigenvalue weighted by molar-refractivity contribution is 7.87. The van der Waals surface area contributed by atoms with Crippen molar-refractivity contribution in [3.8, 4) is 0 Å². The van der Waals surface area contributed by atoms with E-state index in [1.165, 1.54) is 21.7 Å². The summed E-state index contributed by atoms with van der Waals surface area (Å²) in [7, 11) is -1.67. The van der Waals surface area contributed by atoms with Crippen LogP contribution in [0.3, 0.4) is 0 Å². The summed E-state index contributed by atoms with van der Waals surface area (Å²) in [5, 5.41) is 10.1. The van der Waals surface area contributed by atoms with Crippen molar-refractivity contribution in [2.75, 3.05) is 18.5 Å². The predicted molar refractivity (Wildman–Crippen MR) is 120 cm³/mol. The molecule has 0 saturated heterocycles. The Labute approximate surface area is 160 Å². The van der Waals surface area contributed by atoms with E-state index in [0.29, 0.717) is 5.92 Å². The molecule has 0 radical (unpaired) electrons. The minimum absolute atomic E-state index is 0.614. The first-order valence-corrected chi connectivity index (χ1v) is 11.7.